The molecule has 0 aromatic heterocycles. The highest BCUT2D eigenvalue weighted by molar-refractivity contribution is 5.83. The molecule has 2 fully saturated rings. The van der Waals surface area contributed by atoms with Gasteiger partial charge < -0.3 is 24.4 Å². The molecule has 0 unspecified atom stereocenters. The van der Waals surface area contributed by atoms with Gasteiger partial charge in [-0.05, 0) is 49.1 Å². The van der Waals surface area contributed by atoms with E-state index in [1.165, 1.54) is 0 Å². The summed E-state index contributed by atoms with van der Waals surface area (Å²) < 4.78 is 17.2. The monoisotopic (exact) mass is 380 g/mol. The summed E-state index contributed by atoms with van der Waals surface area (Å²) in [5.41, 5.74) is 0.971. The van der Waals surface area contributed by atoms with Gasteiger partial charge in [0.1, 0.15) is 5.75 Å². The lowest BCUT2D eigenvalue weighted by Gasteiger charge is -2.35. The largest absolute Gasteiger partial charge is 0.479 e. The van der Waals surface area contributed by atoms with E-state index in [9.17, 15) is 4.79 Å². The average molecular weight is 380 g/mol. The van der Waals surface area contributed by atoms with E-state index in [4.69, 9.17) is 14.2 Å². The van der Waals surface area contributed by atoms with Crippen molar-refractivity contribution < 1.29 is 19.0 Å². The molecule has 3 aliphatic heterocycles. The Balaban J connectivity index is 1.51. The summed E-state index contributed by atoms with van der Waals surface area (Å²) in [5, 5.41) is 3.61. The van der Waals surface area contributed by atoms with Gasteiger partial charge in [-0.25, -0.2) is 0 Å². The van der Waals surface area contributed by atoms with E-state index in [0.717, 1.165) is 43.7 Å². The van der Waals surface area contributed by atoms with Crippen LogP contribution >= 0.6 is 0 Å². The third-order valence-electron chi connectivity index (χ3n) is 5.79. The third-order valence-corrected chi connectivity index (χ3v) is 5.79. The zero-order valence-electron chi connectivity index (χ0n) is 15.7. The SMILES string of the molecule is O=C1[C@H](Oc2ccccc2)[C@H](c2ccc3c(c2)OCO3)NC[C@@H]2CCCCN12. The van der Waals surface area contributed by atoms with Gasteiger partial charge in [0.2, 0.25) is 6.79 Å². The van der Waals surface area contributed by atoms with Gasteiger partial charge in [0, 0.05) is 19.1 Å². The third kappa shape index (κ3) is 3.18. The second-order valence-electron chi connectivity index (χ2n) is 7.53. The summed E-state index contributed by atoms with van der Waals surface area (Å²) in [4.78, 5) is 15.5. The first-order chi connectivity index (χ1) is 13.8. The van der Waals surface area contributed by atoms with Crippen LogP contribution in [0.1, 0.15) is 30.9 Å². The van der Waals surface area contributed by atoms with E-state index in [1.807, 2.05) is 53.4 Å². The molecule has 1 N–H and O–H groups in total. The number of nitrogens with zero attached hydrogens (tertiary/aromatic N) is 1. The number of piperidine rings is 1. The van der Waals surface area contributed by atoms with Gasteiger partial charge in [-0.15, -0.1) is 0 Å². The number of hydrogen-bond donors (Lipinski definition) is 1. The Hall–Kier alpha value is -2.73. The minimum Gasteiger partial charge on any atom is -0.479 e. The normalized spacial score (nSPS) is 26.5. The van der Waals surface area contributed by atoms with Crippen molar-refractivity contribution in [3.63, 3.8) is 0 Å². The van der Waals surface area contributed by atoms with Gasteiger partial charge in [-0.1, -0.05) is 24.3 Å². The maximum atomic E-state index is 13.5. The minimum absolute atomic E-state index is 0.0567. The quantitative estimate of drug-likeness (QED) is 0.887. The first kappa shape index (κ1) is 17.4. The molecule has 2 aromatic carbocycles. The molecule has 6 nitrogen and oxygen atoms in total. The fourth-order valence-electron chi connectivity index (χ4n) is 4.34. The van der Waals surface area contributed by atoms with Crippen LogP contribution in [0.4, 0.5) is 0 Å². The summed E-state index contributed by atoms with van der Waals surface area (Å²) in [5.74, 6) is 2.21. The topological polar surface area (TPSA) is 60.0 Å². The summed E-state index contributed by atoms with van der Waals surface area (Å²) in [6.45, 7) is 1.79. The Bertz CT molecular complexity index is 857. The van der Waals surface area contributed by atoms with Gasteiger partial charge in [-0.2, -0.15) is 0 Å². The number of nitrogens with one attached hydrogen (secondary N) is 1. The van der Waals surface area contributed by atoms with E-state index in [2.05, 4.69) is 5.32 Å². The lowest BCUT2D eigenvalue weighted by molar-refractivity contribution is -0.141. The number of carbonyl (C=O) groups excluding carboxylic acids is 1. The Morgan fingerprint density at radius 1 is 1.04 bits per heavy atom. The van der Waals surface area contributed by atoms with Crippen LogP contribution in [0.2, 0.25) is 0 Å². The average Bonchev–Trinajstić information content (AvgIpc) is 3.16. The molecule has 3 aliphatic rings. The zero-order valence-corrected chi connectivity index (χ0v) is 15.7. The van der Waals surface area contributed by atoms with Crippen molar-refractivity contribution in [2.45, 2.75) is 37.5 Å². The van der Waals surface area contributed by atoms with E-state index in [0.29, 0.717) is 11.5 Å². The molecule has 146 valence electrons. The van der Waals surface area contributed by atoms with Gasteiger partial charge in [0.25, 0.3) is 5.91 Å². The highest BCUT2D eigenvalue weighted by atomic mass is 16.7. The van der Waals surface area contributed by atoms with Crippen molar-refractivity contribution in [1.29, 1.82) is 0 Å². The summed E-state index contributed by atoms with van der Waals surface area (Å²) >= 11 is 0. The van der Waals surface area contributed by atoms with E-state index in [-0.39, 0.29) is 24.8 Å². The molecule has 2 saturated heterocycles. The first-order valence-electron chi connectivity index (χ1n) is 9.95. The molecule has 5 rings (SSSR count). The smallest absolute Gasteiger partial charge is 0.265 e. The Morgan fingerprint density at radius 2 is 1.89 bits per heavy atom. The van der Waals surface area contributed by atoms with Crippen molar-refractivity contribution in [2.24, 2.45) is 0 Å². The number of benzene rings is 2. The lowest BCUT2D eigenvalue weighted by Crippen LogP contribution is -2.49. The highest BCUT2D eigenvalue weighted by Crippen LogP contribution is 2.37. The van der Waals surface area contributed by atoms with Crippen LogP contribution in [-0.2, 0) is 4.79 Å². The van der Waals surface area contributed by atoms with Crippen molar-refractivity contribution in [1.82, 2.24) is 10.2 Å². The van der Waals surface area contributed by atoms with E-state index in [1.54, 1.807) is 0 Å². The molecular weight excluding hydrogens is 356 g/mol. The maximum absolute atomic E-state index is 13.5. The Labute approximate surface area is 164 Å². The van der Waals surface area contributed by atoms with Gasteiger partial charge in [-0.3, -0.25) is 4.79 Å². The van der Waals surface area contributed by atoms with E-state index >= 15 is 0 Å². The molecule has 28 heavy (non-hydrogen) atoms. The van der Waals surface area contributed by atoms with Gasteiger partial charge >= 0.3 is 0 Å². The van der Waals surface area contributed by atoms with Crippen LogP contribution in [0.25, 0.3) is 0 Å². The molecule has 3 atom stereocenters. The van der Waals surface area contributed by atoms with Gasteiger partial charge in [0.15, 0.2) is 17.6 Å². The first-order valence-corrected chi connectivity index (χ1v) is 9.95. The van der Waals surface area contributed by atoms with Gasteiger partial charge in [0.05, 0.1) is 6.04 Å². The molecule has 2 aromatic rings. The standard InChI is InChI=1S/C22H24N2O4/c25-22-21(28-17-7-2-1-3-8-17)20(23-13-16-6-4-5-11-24(16)22)15-9-10-18-19(12-15)27-14-26-18/h1-3,7-10,12,16,20-21,23H,4-6,11,13-14H2/t16-,20-,21+/m0/s1. The minimum atomic E-state index is -0.633. The summed E-state index contributed by atoms with van der Waals surface area (Å²) in [7, 11) is 0. The van der Waals surface area contributed by atoms with Crippen LogP contribution < -0.4 is 19.5 Å². The summed E-state index contributed by atoms with van der Waals surface area (Å²) in [6, 6.07) is 15.4. The Kier molecular flexibility index (Phi) is 4.56. The van der Waals surface area contributed by atoms with Crippen molar-refractivity contribution >= 4 is 5.91 Å². The molecule has 0 saturated carbocycles. The highest BCUT2D eigenvalue weighted by Gasteiger charge is 2.41. The number of carbonyl (C=O) groups is 1. The molecule has 0 spiro atoms. The Morgan fingerprint density at radius 3 is 2.79 bits per heavy atom. The molecular formula is C22H24N2O4. The molecule has 3 heterocycles. The van der Waals surface area contributed by atoms with Crippen LogP contribution in [0.5, 0.6) is 17.2 Å². The van der Waals surface area contributed by atoms with Crippen molar-refractivity contribution in [2.75, 3.05) is 19.9 Å². The number of para-hydroxylation sites is 1. The molecule has 1 amide bonds. The maximum Gasteiger partial charge on any atom is 0.265 e. The second kappa shape index (κ2) is 7.36. The van der Waals surface area contributed by atoms with Crippen LogP contribution in [0.15, 0.2) is 48.5 Å². The number of hydrogen-bond acceptors (Lipinski definition) is 5. The lowest BCUT2D eigenvalue weighted by atomic mass is 9.99. The molecule has 0 radical (unpaired) electrons. The van der Waals surface area contributed by atoms with Crippen molar-refractivity contribution in [3.05, 3.63) is 54.1 Å². The van der Waals surface area contributed by atoms with E-state index < -0.39 is 6.10 Å². The fraction of sp³-hybridized carbons (Fsp3) is 0.409. The molecule has 6 heteroatoms. The van der Waals surface area contributed by atoms with Crippen LogP contribution in [0, 0.1) is 0 Å². The number of rotatable bonds is 3. The number of amides is 1. The number of ether oxygens (including phenoxy) is 3. The second-order valence-corrected chi connectivity index (χ2v) is 7.53. The van der Waals surface area contributed by atoms with Crippen molar-refractivity contribution in [3.8, 4) is 17.2 Å². The zero-order chi connectivity index (χ0) is 18.9. The molecule has 0 bridgehead atoms. The molecule has 0 aliphatic carbocycles. The van der Waals surface area contributed by atoms with Crippen LogP contribution in [-0.4, -0.2) is 42.8 Å². The summed E-state index contributed by atoms with van der Waals surface area (Å²) in [6.07, 6.45) is 2.61. The number of fused-ring (bicyclic) bond motifs is 2. The van der Waals surface area contributed by atoms with Crippen LogP contribution in [0.3, 0.4) is 0 Å². The predicted octanol–water partition coefficient (Wildman–Crippen LogP) is 2.89. The predicted molar refractivity (Wildman–Crippen MR) is 104 cm³/mol. The fourth-order valence-corrected chi connectivity index (χ4v) is 4.34.